The van der Waals surface area contributed by atoms with Crippen LogP contribution < -0.4 is 9.47 Å². The van der Waals surface area contributed by atoms with Crippen LogP contribution in [0.5, 0.6) is 11.5 Å². The number of aliphatic hydroxyl groups excluding tert-OH is 1. The van der Waals surface area contributed by atoms with Gasteiger partial charge in [-0.2, -0.15) is 0 Å². The molecule has 186 valence electrons. The van der Waals surface area contributed by atoms with Crippen molar-refractivity contribution in [1.82, 2.24) is 24.3 Å². The number of benzene rings is 1. The maximum absolute atomic E-state index is 13.4. The second kappa shape index (κ2) is 9.55. The Labute approximate surface area is 202 Å². The molecular formula is C23H27N5O6S. The zero-order valence-corrected chi connectivity index (χ0v) is 20.9. The summed E-state index contributed by atoms with van der Waals surface area (Å²) in [5.41, 5.74) is 0.692. The molecule has 0 radical (unpaired) electrons. The Morgan fingerprint density at radius 3 is 2.34 bits per heavy atom. The summed E-state index contributed by atoms with van der Waals surface area (Å²) in [4.78, 5) is 4.08. The monoisotopic (exact) mass is 501 g/mol. The van der Waals surface area contributed by atoms with Gasteiger partial charge in [0.1, 0.15) is 34.8 Å². The summed E-state index contributed by atoms with van der Waals surface area (Å²) < 4.78 is 46.9. The van der Waals surface area contributed by atoms with Crippen molar-refractivity contribution in [2.24, 2.45) is 7.05 Å². The number of para-hydroxylation sites is 1. The zero-order valence-electron chi connectivity index (χ0n) is 20.0. The third-order valence-electron chi connectivity index (χ3n) is 5.69. The van der Waals surface area contributed by atoms with E-state index >= 15 is 0 Å². The number of methoxy groups -OCH3 is 2. The number of aryl methyl sites for hydroxylation is 2. The van der Waals surface area contributed by atoms with Crippen LogP contribution >= 0.6 is 0 Å². The van der Waals surface area contributed by atoms with E-state index in [1.165, 1.54) is 27.5 Å². The van der Waals surface area contributed by atoms with E-state index in [1.54, 1.807) is 59.6 Å². The minimum Gasteiger partial charge on any atom is -0.494 e. The lowest BCUT2D eigenvalue weighted by molar-refractivity contribution is 0.171. The predicted octanol–water partition coefficient (Wildman–Crippen LogP) is 2.62. The van der Waals surface area contributed by atoms with Gasteiger partial charge in [0.15, 0.2) is 21.4 Å². The molecule has 0 aliphatic carbocycles. The number of imidazole rings is 1. The topological polar surface area (TPSA) is 134 Å². The van der Waals surface area contributed by atoms with Crippen LogP contribution in [-0.2, 0) is 22.6 Å². The van der Waals surface area contributed by atoms with Gasteiger partial charge in [0.2, 0.25) is 5.82 Å². The molecule has 3 aromatic heterocycles. The first-order valence-electron chi connectivity index (χ1n) is 10.8. The van der Waals surface area contributed by atoms with Gasteiger partial charge in [-0.15, -0.1) is 10.2 Å². The Morgan fingerprint density at radius 1 is 1.11 bits per heavy atom. The fourth-order valence-electron chi connectivity index (χ4n) is 3.75. The van der Waals surface area contributed by atoms with Crippen LogP contribution in [0.3, 0.4) is 0 Å². The van der Waals surface area contributed by atoms with Crippen LogP contribution in [0.15, 0.2) is 47.3 Å². The molecule has 35 heavy (non-hydrogen) atoms. The Bertz CT molecular complexity index is 1420. The number of nitrogens with zero attached hydrogens (tertiary/aromatic N) is 5. The first-order valence-corrected chi connectivity index (χ1v) is 12.5. The smallest absolute Gasteiger partial charge is 0.204 e. The molecule has 0 spiro atoms. The normalized spacial score (nSPS) is 13.5. The van der Waals surface area contributed by atoms with E-state index in [0.717, 1.165) is 0 Å². The maximum Gasteiger partial charge on any atom is 0.204 e. The van der Waals surface area contributed by atoms with E-state index in [2.05, 4.69) is 15.2 Å². The molecule has 0 saturated carbocycles. The van der Waals surface area contributed by atoms with E-state index in [-0.39, 0.29) is 17.3 Å². The predicted molar refractivity (Wildman–Crippen MR) is 127 cm³/mol. The molecule has 0 saturated heterocycles. The molecule has 1 aromatic carbocycles. The summed E-state index contributed by atoms with van der Waals surface area (Å²) >= 11 is 0. The highest BCUT2D eigenvalue weighted by Crippen LogP contribution is 2.37. The minimum atomic E-state index is -3.92. The van der Waals surface area contributed by atoms with Crippen LogP contribution in [0.1, 0.15) is 30.3 Å². The number of hydrogen-bond donors (Lipinski definition) is 1. The molecule has 0 bridgehead atoms. The van der Waals surface area contributed by atoms with Crippen molar-refractivity contribution in [3.05, 3.63) is 60.1 Å². The summed E-state index contributed by atoms with van der Waals surface area (Å²) in [6.07, 6.45) is 1.77. The van der Waals surface area contributed by atoms with Gasteiger partial charge in [-0.1, -0.05) is 6.07 Å². The number of aliphatic hydroxyl groups is 1. The second-order valence-electron chi connectivity index (χ2n) is 8.12. The van der Waals surface area contributed by atoms with Gasteiger partial charge < -0.3 is 23.6 Å². The number of furan rings is 1. The van der Waals surface area contributed by atoms with Crippen molar-refractivity contribution < 1.29 is 27.4 Å². The minimum absolute atomic E-state index is 0.108. The van der Waals surface area contributed by atoms with E-state index in [9.17, 15) is 13.5 Å². The van der Waals surface area contributed by atoms with Gasteiger partial charge in [0.25, 0.3) is 0 Å². The molecule has 4 aromatic rings. The summed E-state index contributed by atoms with van der Waals surface area (Å²) in [7, 11) is 0.822. The standard InChI is InChI=1S/C23H27N5O6S/c1-14-9-10-19(34-14)23-26-25-20(28(23)21-17(32-4)7-6-8-18(21)33-5)12-35(30,31)15(2)22(29)16-11-27(3)13-24-16/h6-11,13,15,22,29H,12H2,1-5H3/t15-,22-/m0/s1. The van der Waals surface area contributed by atoms with E-state index < -0.39 is 26.9 Å². The Balaban J connectivity index is 1.83. The van der Waals surface area contributed by atoms with Crippen LogP contribution in [-0.4, -0.2) is 57.3 Å². The molecule has 0 aliphatic heterocycles. The number of sulfone groups is 1. The first-order chi connectivity index (χ1) is 16.7. The average molecular weight is 502 g/mol. The number of aromatic nitrogens is 5. The highest BCUT2D eigenvalue weighted by atomic mass is 32.2. The van der Waals surface area contributed by atoms with Gasteiger partial charge in [-0.05, 0) is 38.1 Å². The van der Waals surface area contributed by atoms with Crippen LogP contribution in [0.25, 0.3) is 17.3 Å². The van der Waals surface area contributed by atoms with Gasteiger partial charge >= 0.3 is 0 Å². The molecule has 0 amide bonds. The highest BCUT2D eigenvalue weighted by Gasteiger charge is 2.34. The number of hydrogen-bond acceptors (Lipinski definition) is 9. The van der Waals surface area contributed by atoms with Crippen LogP contribution in [0.2, 0.25) is 0 Å². The Hall–Kier alpha value is -3.64. The molecule has 12 heteroatoms. The van der Waals surface area contributed by atoms with Crippen molar-refractivity contribution >= 4 is 9.84 Å². The number of rotatable bonds is 9. The molecule has 4 rings (SSSR count). The van der Waals surface area contributed by atoms with Crippen LogP contribution in [0, 0.1) is 6.92 Å². The SMILES string of the molecule is COc1cccc(OC)c1-n1c(CS(=O)(=O)[C@@H](C)[C@H](O)c2cn(C)cn2)nnc1-c1ccc(C)o1. The summed E-state index contributed by atoms with van der Waals surface area (Å²) in [6.45, 7) is 3.23. The fourth-order valence-corrected chi connectivity index (χ4v) is 5.09. The van der Waals surface area contributed by atoms with E-state index in [1.807, 2.05) is 0 Å². The largest absolute Gasteiger partial charge is 0.494 e. The van der Waals surface area contributed by atoms with Gasteiger partial charge in [0, 0.05) is 13.2 Å². The second-order valence-corrected chi connectivity index (χ2v) is 10.5. The molecular weight excluding hydrogens is 474 g/mol. The average Bonchev–Trinajstić information content (AvgIpc) is 3.57. The first kappa shape index (κ1) is 24.5. The molecule has 11 nitrogen and oxygen atoms in total. The maximum atomic E-state index is 13.4. The van der Waals surface area contributed by atoms with Gasteiger partial charge in [0.05, 0.1) is 31.5 Å². The lowest BCUT2D eigenvalue weighted by Gasteiger charge is -2.19. The molecule has 3 heterocycles. The Morgan fingerprint density at radius 2 is 1.80 bits per heavy atom. The molecule has 0 aliphatic rings. The van der Waals surface area contributed by atoms with Crippen molar-refractivity contribution in [2.45, 2.75) is 31.0 Å². The third kappa shape index (κ3) is 4.66. The van der Waals surface area contributed by atoms with Crippen molar-refractivity contribution in [3.8, 4) is 28.8 Å². The van der Waals surface area contributed by atoms with E-state index in [4.69, 9.17) is 13.9 Å². The molecule has 1 N–H and O–H groups in total. The number of ether oxygens (including phenoxy) is 2. The fraction of sp³-hybridized carbons (Fsp3) is 0.348. The molecule has 0 fully saturated rings. The lowest BCUT2D eigenvalue weighted by atomic mass is 10.2. The summed E-state index contributed by atoms with van der Waals surface area (Å²) in [5, 5.41) is 18.0. The highest BCUT2D eigenvalue weighted by molar-refractivity contribution is 7.91. The summed E-state index contributed by atoms with van der Waals surface area (Å²) in [5.74, 6) is 1.78. The van der Waals surface area contributed by atoms with Gasteiger partial charge in [-0.25, -0.2) is 13.4 Å². The molecule has 2 atom stereocenters. The van der Waals surface area contributed by atoms with Gasteiger partial charge in [-0.3, -0.25) is 4.57 Å². The lowest BCUT2D eigenvalue weighted by Crippen LogP contribution is -2.28. The van der Waals surface area contributed by atoms with Crippen molar-refractivity contribution in [1.29, 1.82) is 0 Å². The van der Waals surface area contributed by atoms with Crippen molar-refractivity contribution in [2.75, 3.05) is 14.2 Å². The quantitative estimate of drug-likeness (QED) is 0.367. The Kier molecular flexibility index (Phi) is 6.68. The van der Waals surface area contributed by atoms with Crippen LogP contribution in [0.4, 0.5) is 0 Å². The zero-order chi connectivity index (χ0) is 25.3. The molecule has 0 unspecified atom stereocenters. The third-order valence-corrected chi connectivity index (χ3v) is 7.74. The van der Waals surface area contributed by atoms with Crippen molar-refractivity contribution in [3.63, 3.8) is 0 Å². The van der Waals surface area contributed by atoms with E-state index in [0.29, 0.717) is 28.7 Å². The summed E-state index contributed by atoms with van der Waals surface area (Å²) in [6, 6.07) is 8.70.